The first-order valence-corrected chi connectivity index (χ1v) is 11.6. The maximum Gasteiger partial charge on any atom is 0.393 e. The fourth-order valence-corrected chi connectivity index (χ4v) is 4.46. The number of para-hydroxylation sites is 1. The second-order valence-electron chi connectivity index (χ2n) is 9.57. The van der Waals surface area contributed by atoms with Crippen molar-refractivity contribution in [2.45, 2.75) is 46.2 Å². The van der Waals surface area contributed by atoms with Crippen LogP contribution < -0.4 is 9.64 Å². The Morgan fingerprint density at radius 1 is 1.06 bits per heavy atom. The molecule has 0 bridgehead atoms. The number of ether oxygens (including phenoxy) is 1. The van der Waals surface area contributed by atoms with Gasteiger partial charge in [0.25, 0.3) is 5.78 Å². The van der Waals surface area contributed by atoms with Crippen molar-refractivity contribution in [2.75, 3.05) is 18.1 Å². The highest BCUT2D eigenvalue weighted by Gasteiger charge is 2.46. The van der Waals surface area contributed by atoms with Gasteiger partial charge in [0, 0.05) is 6.54 Å². The van der Waals surface area contributed by atoms with Gasteiger partial charge in [-0.1, -0.05) is 26.0 Å². The molecule has 0 aliphatic carbocycles. The van der Waals surface area contributed by atoms with Crippen molar-refractivity contribution in [3.05, 3.63) is 53.4 Å². The molecule has 3 heterocycles. The van der Waals surface area contributed by atoms with E-state index in [0.717, 1.165) is 6.07 Å². The monoisotopic (exact) mass is 505 g/mol. The van der Waals surface area contributed by atoms with Gasteiger partial charge in [-0.15, -0.1) is 10.2 Å². The lowest BCUT2D eigenvalue weighted by molar-refractivity contribution is -0.213. The minimum atomic E-state index is -4.35. The Balaban J connectivity index is 1.67. The average molecular weight is 505 g/mol. The van der Waals surface area contributed by atoms with E-state index in [9.17, 15) is 17.6 Å². The molecule has 2 aromatic carbocycles. The van der Waals surface area contributed by atoms with Gasteiger partial charge in [-0.3, -0.25) is 4.40 Å². The molecule has 2 aromatic heterocycles. The van der Waals surface area contributed by atoms with Crippen LogP contribution in [0.3, 0.4) is 0 Å². The van der Waals surface area contributed by atoms with Crippen LogP contribution in [0.25, 0.3) is 16.7 Å². The highest BCUT2D eigenvalue weighted by molar-refractivity contribution is 5.95. The first-order chi connectivity index (χ1) is 17.0. The van der Waals surface area contributed by atoms with Crippen LogP contribution >= 0.6 is 0 Å². The molecule has 0 saturated heterocycles. The average Bonchev–Trinajstić information content (AvgIpc) is 3.06. The number of hydrogen-bond donors (Lipinski definition) is 0. The summed E-state index contributed by atoms with van der Waals surface area (Å²) in [5, 5.41) is 8.06. The van der Waals surface area contributed by atoms with Crippen LogP contribution in [0.2, 0.25) is 0 Å². The lowest BCUT2D eigenvalue weighted by Gasteiger charge is -2.29. The largest absolute Gasteiger partial charge is 0.491 e. The second-order valence-corrected chi connectivity index (χ2v) is 9.57. The minimum Gasteiger partial charge on any atom is -0.491 e. The van der Waals surface area contributed by atoms with Gasteiger partial charge in [-0.2, -0.15) is 18.2 Å². The highest BCUT2D eigenvalue weighted by Crippen LogP contribution is 2.45. The molecule has 0 spiro atoms. The number of fused-ring (bicyclic) bond motifs is 4. The maximum absolute atomic E-state index is 15.3. The van der Waals surface area contributed by atoms with E-state index < -0.39 is 23.2 Å². The first-order valence-electron chi connectivity index (χ1n) is 11.6. The summed E-state index contributed by atoms with van der Waals surface area (Å²) in [6.07, 6.45) is -3.83. The fourth-order valence-electron chi connectivity index (χ4n) is 4.46. The van der Waals surface area contributed by atoms with Crippen LogP contribution in [0, 0.1) is 24.0 Å². The topological polar surface area (TPSA) is 55.5 Å². The first kappa shape index (κ1) is 24.2. The molecule has 5 rings (SSSR count). The summed E-state index contributed by atoms with van der Waals surface area (Å²) in [6, 6.07) is 7.68. The molecule has 1 aliphatic rings. The van der Waals surface area contributed by atoms with Crippen molar-refractivity contribution < 1.29 is 26.7 Å². The zero-order chi connectivity index (χ0) is 25.8. The number of aryl methyl sites for hydroxylation is 2. The highest BCUT2D eigenvalue weighted by atomic mass is 19.4. The molecule has 6 nitrogen and oxygen atoms in total. The standard InChI is InChI=1S/C25H24F5N5O/c1-14-32-33-23-31-22(19-17(35(14)23)9-8-16(26)20(19)27)34-12-5-13-36-21-15(6-4-7-18(21)34)10-11-24(2,3)25(28,29)30/h4,6-9H,5,10-13H2,1-3H3. The Kier molecular flexibility index (Phi) is 5.76. The molecule has 0 atom stereocenters. The maximum atomic E-state index is 15.3. The molecule has 0 amide bonds. The van der Waals surface area contributed by atoms with Gasteiger partial charge < -0.3 is 9.64 Å². The molecule has 0 saturated carbocycles. The molecule has 0 radical (unpaired) electrons. The molecular weight excluding hydrogens is 481 g/mol. The van der Waals surface area contributed by atoms with Gasteiger partial charge in [0.1, 0.15) is 17.4 Å². The van der Waals surface area contributed by atoms with Crippen LogP contribution in [0.5, 0.6) is 5.75 Å². The quantitative estimate of drug-likeness (QED) is 0.305. The van der Waals surface area contributed by atoms with Crippen molar-refractivity contribution in [2.24, 2.45) is 5.41 Å². The number of alkyl halides is 3. The van der Waals surface area contributed by atoms with Gasteiger partial charge in [0.05, 0.1) is 28.6 Å². The Labute approximate surface area is 203 Å². The molecule has 190 valence electrons. The summed E-state index contributed by atoms with van der Waals surface area (Å²) in [5.74, 6) is -0.839. The van der Waals surface area contributed by atoms with Gasteiger partial charge in [0.2, 0.25) is 0 Å². The van der Waals surface area contributed by atoms with Crippen LogP contribution in [0.1, 0.15) is 38.1 Å². The summed E-state index contributed by atoms with van der Waals surface area (Å²) in [7, 11) is 0. The number of benzene rings is 2. The summed E-state index contributed by atoms with van der Waals surface area (Å²) < 4.78 is 77.5. The van der Waals surface area contributed by atoms with Crippen LogP contribution in [0.4, 0.5) is 33.5 Å². The van der Waals surface area contributed by atoms with Crippen molar-refractivity contribution in [3.8, 4) is 5.75 Å². The molecule has 1 aliphatic heterocycles. The minimum absolute atomic E-state index is 0.0399. The van der Waals surface area contributed by atoms with Gasteiger partial charge in [0.15, 0.2) is 11.6 Å². The van der Waals surface area contributed by atoms with Gasteiger partial charge >= 0.3 is 6.18 Å². The third kappa shape index (κ3) is 3.90. The molecular formula is C25H24F5N5O. The summed E-state index contributed by atoms with van der Waals surface area (Å²) in [4.78, 5) is 6.26. The lowest BCUT2D eigenvalue weighted by atomic mass is 9.85. The van der Waals surface area contributed by atoms with Crippen LogP contribution in [-0.2, 0) is 6.42 Å². The normalized spacial score (nSPS) is 14.7. The molecule has 0 N–H and O–H groups in total. The zero-order valence-electron chi connectivity index (χ0n) is 20.0. The second kappa shape index (κ2) is 8.56. The summed E-state index contributed by atoms with van der Waals surface area (Å²) in [6.45, 7) is 4.71. The van der Waals surface area contributed by atoms with E-state index >= 15 is 4.39 Å². The van der Waals surface area contributed by atoms with Crippen LogP contribution in [-0.4, -0.2) is 38.9 Å². The summed E-state index contributed by atoms with van der Waals surface area (Å²) in [5.41, 5.74) is -0.402. The SMILES string of the molecule is Cc1nnc2nc(N3CCCOc4c(CCC(C)(C)C(F)(F)F)cccc43)c3c(F)c(F)ccc3n12. The Bertz CT molecular complexity index is 1460. The Morgan fingerprint density at radius 3 is 2.58 bits per heavy atom. The smallest absolute Gasteiger partial charge is 0.393 e. The lowest BCUT2D eigenvalue weighted by Crippen LogP contribution is -2.32. The van der Waals surface area contributed by atoms with E-state index in [1.54, 1.807) is 34.4 Å². The number of aromatic nitrogens is 4. The van der Waals surface area contributed by atoms with Crippen molar-refractivity contribution in [1.82, 2.24) is 19.6 Å². The molecule has 4 aromatic rings. The van der Waals surface area contributed by atoms with E-state index in [-0.39, 0.29) is 29.8 Å². The Hall–Kier alpha value is -3.50. The zero-order valence-corrected chi connectivity index (χ0v) is 20.0. The predicted molar refractivity (Wildman–Crippen MR) is 125 cm³/mol. The van der Waals surface area contributed by atoms with Crippen molar-refractivity contribution in [1.29, 1.82) is 0 Å². The van der Waals surface area contributed by atoms with E-state index in [2.05, 4.69) is 15.2 Å². The Morgan fingerprint density at radius 2 is 1.83 bits per heavy atom. The third-order valence-corrected chi connectivity index (χ3v) is 6.73. The summed E-state index contributed by atoms with van der Waals surface area (Å²) >= 11 is 0. The fraction of sp³-hybridized carbons (Fsp3) is 0.400. The number of rotatable bonds is 4. The third-order valence-electron chi connectivity index (χ3n) is 6.73. The van der Waals surface area contributed by atoms with E-state index in [1.165, 1.54) is 19.9 Å². The van der Waals surface area contributed by atoms with Gasteiger partial charge in [-0.25, -0.2) is 8.78 Å². The molecule has 11 heteroatoms. The number of nitrogens with zero attached hydrogens (tertiary/aromatic N) is 5. The van der Waals surface area contributed by atoms with E-state index in [4.69, 9.17) is 4.74 Å². The molecule has 0 fully saturated rings. The van der Waals surface area contributed by atoms with Crippen molar-refractivity contribution in [3.63, 3.8) is 0 Å². The van der Waals surface area contributed by atoms with Crippen LogP contribution in [0.15, 0.2) is 30.3 Å². The molecule has 0 unspecified atom stereocenters. The van der Waals surface area contributed by atoms with E-state index in [1.807, 2.05) is 0 Å². The predicted octanol–water partition coefficient (Wildman–Crippen LogP) is 6.31. The van der Waals surface area contributed by atoms with Crippen molar-refractivity contribution >= 4 is 28.2 Å². The number of halogens is 5. The van der Waals surface area contributed by atoms with Gasteiger partial charge in [-0.05, 0) is 49.9 Å². The number of anilines is 2. The van der Waals surface area contributed by atoms with E-state index in [0.29, 0.717) is 47.9 Å². The number of hydrogen-bond acceptors (Lipinski definition) is 5. The molecule has 36 heavy (non-hydrogen) atoms.